The molecule has 8 aromatic rings. The molecule has 2 aliphatic heterocycles. The Morgan fingerprint density at radius 2 is 1.19 bits per heavy atom. The lowest BCUT2D eigenvalue weighted by atomic mass is 10.1. The lowest BCUT2D eigenvalue weighted by molar-refractivity contribution is -0.142. The summed E-state index contributed by atoms with van der Waals surface area (Å²) < 4.78 is 21.4. The van der Waals surface area contributed by atoms with E-state index < -0.39 is 29.8 Å². The number of benzene rings is 4. The number of ether oxygens (including phenoxy) is 3. The first-order chi connectivity index (χ1) is 36.5. The van der Waals surface area contributed by atoms with Gasteiger partial charge in [0.15, 0.2) is 0 Å². The number of carbonyl (C=O) groups excluding carboxylic acids is 2. The second-order valence-corrected chi connectivity index (χ2v) is 19.3. The van der Waals surface area contributed by atoms with Gasteiger partial charge in [0.25, 0.3) is 0 Å². The molecule has 24 heteroatoms. The van der Waals surface area contributed by atoms with Crippen LogP contribution in [-0.2, 0) is 28.4 Å². The van der Waals surface area contributed by atoms with E-state index in [1.807, 2.05) is 93.2 Å². The highest BCUT2D eigenvalue weighted by Crippen LogP contribution is 2.34. The standard InChI is InChI=1S/C30H30N6O5.C26H25N7O2.4H2S/c1-6-18-7-8-25-20(9-18)14-31-28(34-25)33-22-10-19(21-15-32-35(5)16-21)11-23(12-22)40-24-13-26(27(37)38)36(17-24)29(39)41-30(2,3)4;1-4-16-5-6-23-18(7-16)12-29-26(32-23)31-20-8-17(19-13-30-33(3)15-19)9-21(10-20)35-22-11-24(28-14-22)25(34)27-2;;;;/h1,7-12,14-16,24,26H,13,17H2,2-5H3,(H,37,38)(H,31,33,34);1,5-10,12-13,15,22,24,28H,11,14H2,2-3H3,(H,27,34)(H,29,31,32);4*1H2/t24-,26-;22-,24-;;;;/m00..../s1. The van der Waals surface area contributed by atoms with Crippen LogP contribution in [0.4, 0.5) is 28.1 Å². The second-order valence-electron chi connectivity index (χ2n) is 19.3. The van der Waals surface area contributed by atoms with E-state index in [1.165, 1.54) is 4.90 Å². The summed E-state index contributed by atoms with van der Waals surface area (Å²) in [6.07, 6.45) is 21.1. The van der Waals surface area contributed by atoms with Crippen LogP contribution in [0.5, 0.6) is 11.5 Å². The molecule has 4 aromatic carbocycles. The molecule has 2 amide bonds. The number of anilines is 4. The van der Waals surface area contributed by atoms with Gasteiger partial charge >= 0.3 is 12.1 Å². The summed E-state index contributed by atoms with van der Waals surface area (Å²) in [7, 11) is 5.34. The summed E-state index contributed by atoms with van der Waals surface area (Å²) in [4.78, 5) is 56.0. The number of carboxylic acid groups (broad SMARTS) is 1. The zero-order chi connectivity index (χ0) is 53.7. The topological polar surface area (TPSA) is 238 Å². The van der Waals surface area contributed by atoms with Crippen molar-refractivity contribution in [1.29, 1.82) is 0 Å². The monoisotopic (exact) mass is 1160 g/mol. The maximum absolute atomic E-state index is 12.7. The fourth-order valence-electron chi connectivity index (χ4n) is 8.77. The number of likely N-dealkylation sites (N-methyl/N-ethyl adjacent to an activating group) is 1. The largest absolute Gasteiger partial charge is 0.489 e. The third-order valence-electron chi connectivity index (χ3n) is 12.3. The third-order valence-corrected chi connectivity index (χ3v) is 12.3. The van der Waals surface area contributed by atoms with Gasteiger partial charge in [0.05, 0.1) is 36.0 Å². The fraction of sp³-hybridized carbons (Fsp3) is 0.268. The number of likely N-dealkylation sites (tertiary alicyclic amines) is 1. The molecule has 418 valence electrons. The number of carboxylic acids is 1. The highest BCUT2D eigenvalue weighted by Gasteiger charge is 2.43. The van der Waals surface area contributed by atoms with Gasteiger partial charge in [-0.05, 0) is 92.6 Å². The number of carbonyl (C=O) groups is 3. The smallest absolute Gasteiger partial charge is 0.411 e. The summed E-state index contributed by atoms with van der Waals surface area (Å²) in [5.41, 5.74) is 7.28. The van der Waals surface area contributed by atoms with E-state index >= 15 is 0 Å². The van der Waals surface area contributed by atoms with Crippen molar-refractivity contribution in [1.82, 2.24) is 55.0 Å². The number of rotatable bonds is 12. The SMILES string of the molecule is C#Cc1ccc2nc(Nc3cc(O[C@@H]4CN[C@H](C(=O)NC)C4)cc(-c4cnn(C)c4)c3)ncc2c1.C#Cc1ccc2nc(Nc3cc(O[C@H]4C[C@@H](C(=O)O)N(C(=O)OC(C)(C)C)C4)cc(-c4cnn(C)c4)c3)ncc2c1.S.S.S.S. The first kappa shape index (κ1) is 62.7. The minimum Gasteiger partial charge on any atom is -0.489 e. The molecule has 5 N–H and O–H groups in total. The van der Waals surface area contributed by atoms with Crippen molar-refractivity contribution in [3.05, 3.63) is 121 Å². The Morgan fingerprint density at radius 3 is 1.62 bits per heavy atom. The van der Waals surface area contributed by atoms with Crippen LogP contribution in [-0.4, -0.2) is 118 Å². The molecule has 10 rings (SSSR count). The average Bonchev–Trinajstić information content (AvgIpc) is 4.31. The van der Waals surface area contributed by atoms with Crippen LogP contribution in [0.15, 0.2) is 110 Å². The van der Waals surface area contributed by atoms with Crippen LogP contribution in [0, 0.1) is 24.7 Å². The number of fused-ring (bicyclic) bond motifs is 2. The minimum atomic E-state index is -1.11. The van der Waals surface area contributed by atoms with E-state index in [9.17, 15) is 19.5 Å². The summed E-state index contributed by atoms with van der Waals surface area (Å²) in [5, 5.41) is 32.4. The van der Waals surface area contributed by atoms with E-state index in [0.29, 0.717) is 42.0 Å². The van der Waals surface area contributed by atoms with Gasteiger partial charge in [-0.2, -0.15) is 64.2 Å². The molecule has 0 unspecified atom stereocenters. The summed E-state index contributed by atoms with van der Waals surface area (Å²) in [5.74, 6) is 6.08. The molecule has 0 bridgehead atoms. The number of hydrogen-bond acceptors (Lipinski definition) is 15. The zero-order valence-electron chi connectivity index (χ0n) is 44.6. The maximum atomic E-state index is 12.7. The van der Waals surface area contributed by atoms with Crippen LogP contribution in [0.1, 0.15) is 44.7 Å². The van der Waals surface area contributed by atoms with Crippen LogP contribution in [0.3, 0.4) is 0 Å². The molecule has 2 saturated heterocycles. The minimum absolute atomic E-state index is 0. The number of hydrogen-bond donors (Lipinski definition) is 5. The fourth-order valence-corrected chi connectivity index (χ4v) is 8.77. The van der Waals surface area contributed by atoms with Gasteiger partial charge in [0.1, 0.15) is 35.3 Å². The molecule has 4 aromatic heterocycles. The number of amides is 2. The molecule has 2 aliphatic rings. The lowest BCUT2D eigenvalue weighted by Crippen LogP contribution is -2.43. The van der Waals surface area contributed by atoms with Gasteiger partial charge in [-0.1, -0.05) is 11.8 Å². The highest BCUT2D eigenvalue weighted by atomic mass is 32.1. The predicted octanol–water partition coefficient (Wildman–Crippen LogP) is 7.66. The quantitative estimate of drug-likeness (QED) is 0.0738. The summed E-state index contributed by atoms with van der Waals surface area (Å²) >= 11 is 0. The third kappa shape index (κ3) is 15.6. The Bertz CT molecular complexity index is 3600. The van der Waals surface area contributed by atoms with E-state index in [4.69, 9.17) is 27.1 Å². The van der Waals surface area contributed by atoms with Crippen molar-refractivity contribution in [2.75, 3.05) is 30.8 Å². The number of aromatic nitrogens is 8. The molecule has 20 nitrogen and oxygen atoms in total. The summed E-state index contributed by atoms with van der Waals surface area (Å²) in [6.45, 7) is 5.86. The van der Waals surface area contributed by atoms with Gasteiger partial charge < -0.3 is 40.6 Å². The number of aliphatic carboxylic acids is 1. The van der Waals surface area contributed by atoms with Crippen LogP contribution in [0.25, 0.3) is 44.1 Å². The molecular formula is C56H63N13O7S4. The van der Waals surface area contributed by atoms with E-state index in [1.54, 1.807) is 68.0 Å². The lowest BCUT2D eigenvalue weighted by Gasteiger charge is -2.26. The van der Waals surface area contributed by atoms with Crippen LogP contribution < -0.4 is 30.7 Å². The van der Waals surface area contributed by atoms with E-state index in [0.717, 1.165) is 60.9 Å². The second kappa shape index (κ2) is 27.2. The van der Waals surface area contributed by atoms with Gasteiger partial charge in [-0.3, -0.25) is 19.1 Å². The number of nitrogens with zero attached hydrogens (tertiary/aromatic N) is 9. The Balaban J connectivity index is 0.000000283. The van der Waals surface area contributed by atoms with Gasteiger partial charge in [-0.15, -0.1) is 12.8 Å². The molecule has 6 heterocycles. The number of aryl methyl sites for hydroxylation is 2. The highest BCUT2D eigenvalue weighted by molar-refractivity contribution is 7.59. The van der Waals surface area contributed by atoms with Gasteiger partial charge in [-0.25, -0.2) is 29.5 Å². The van der Waals surface area contributed by atoms with Crippen molar-refractivity contribution >= 4 is 117 Å². The number of terminal acetylenes is 2. The zero-order valence-corrected chi connectivity index (χ0v) is 48.6. The molecule has 2 fully saturated rings. The summed E-state index contributed by atoms with van der Waals surface area (Å²) in [6, 6.07) is 21.2. The van der Waals surface area contributed by atoms with Crippen molar-refractivity contribution in [3.63, 3.8) is 0 Å². The molecule has 4 atom stereocenters. The average molecular weight is 1160 g/mol. The van der Waals surface area contributed by atoms with Gasteiger partial charge in [0.2, 0.25) is 17.8 Å². The molecule has 0 aliphatic carbocycles. The Kier molecular flexibility index (Phi) is 21.3. The Hall–Kier alpha value is -8.13. The van der Waals surface area contributed by atoms with Crippen molar-refractivity contribution in [2.24, 2.45) is 14.1 Å². The predicted molar refractivity (Wildman–Crippen MR) is 329 cm³/mol. The molecular weight excluding hydrogens is 1090 g/mol. The van der Waals surface area contributed by atoms with Crippen LogP contribution in [0.2, 0.25) is 0 Å². The van der Waals surface area contributed by atoms with Crippen LogP contribution >= 0.6 is 54.0 Å². The number of nitrogens with one attached hydrogen (secondary N) is 4. The first-order valence-electron chi connectivity index (χ1n) is 24.3. The molecule has 0 radical (unpaired) electrons. The first-order valence-corrected chi connectivity index (χ1v) is 24.3. The molecule has 0 saturated carbocycles. The molecule has 0 spiro atoms. The Labute approximate surface area is 491 Å². The van der Waals surface area contributed by atoms with Gasteiger partial charge in [0, 0.05) is 122 Å². The normalized spacial score (nSPS) is 16.1. The Morgan fingerprint density at radius 1 is 0.688 bits per heavy atom. The van der Waals surface area contributed by atoms with E-state index in [2.05, 4.69) is 63.2 Å². The van der Waals surface area contributed by atoms with Crippen molar-refractivity contribution in [3.8, 4) is 58.4 Å². The molecule has 80 heavy (non-hydrogen) atoms. The van der Waals surface area contributed by atoms with Crippen molar-refractivity contribution in [2.45, 2.75) is 63.5 Å². The maximum Gasteiger partial charge on any atom is 0.411 e. The van der Waals surface area contributed by atoms with Crippen molar-refractivity contribution < 1.29 is 33.7 Å². The van der Waals surface area contributed by atoms with E-state index in [-0.39, 0.29) is 85.0 Å².